The average molecular weight is 310 g/mol. The van der Waals surface area contributed by atoms with Crippen LogP contribution in [-0.2, 0) is 16.1 Å². The van der Waals surface area contributed by atoms with Gasteiger partial charge in [-0.1, -0.05) is 30.3 Å². The number of rotatable bonds is 3. The van der Waals surface area contributed by atoms with Gasteiger partial charge in [0.05, 0.1) is 6.61 Å². The number of benzene rings is 2. The summed E-state index contributed by atoms with van der Waals surface area (Å²) in [7, 11) is 0. The minimum Gasteiger partial charge on any atom is -0.435 e. The molecule has 0 spiro atoms. The number of hydrogen-bond donors (Lipinski definition) is 0. The molecule has 0 bridgehead atoms. The summed E-state index contributed by atoms with van der Waals surface area (Å²) < 4.78 is 9.61. The molecule has 0 aromatic heterocycles. The van der Waals surface area contributed by atoms with Crippen LogP contribution in [0.2, 0.25) is 0 Å². The van der Waals surface area contributed by atoms with E-state index in [0.717, 1.165) is 0 Å². The van der Waals surface area contributed by atoms with Crippen molar-refractivity contribution in [3.63, 3.8) is 0 Å². The lowest BCUT2D eigenvalue weighted by Crippen LogP contribution is -2.21. The number of fused-ring (bicyclic) bond motifs is 2. The minimum absolute atomic E-state index is 0.0186. The van der Waals surface area contributed by atoms with Gasteiger partial charge in [-0.3, -0.25) is 9.59 Å². The lowest BCUT2D eigenvalue weighted by Gasteiger charge is -2.18. The molecule has 23 heavy (non-hydrogen) atoms. The van der Waals surface area contributed by atoms with Crippen molar-refractivity contribution < 1.29 is 23.9 Å². The first-order chi connectivity index (χ1) is 11.1. The van der Waals surface area contributed by atoms with Crippen LogP contribution >= 0.6 is 0 Å². The summed E-state index contributed by atoms with van der Waals surface area (Å²) in [4.78, 5) is 36.2. The van der Waals surface area contributed by atoms with Crippen LogP contribution in [0.4, 0.5) is 4.79 Å². The second-order valence-electron chi connectivity index (χ2n) is 5.06. The van der Waals surface area contributed by atoms with Gasteiger partial charge in [-0.25, -0.2) is 4.79 Å². The van der Waals surface area contributed by atoms with Crippen molar-refractivity contribution in [1.29, 1.82) is 0 Å². The summed E-state index contributed by atoms with van der Waals surface area (Å²) in [6.07, 6.45) is -0.766. The molecule has 1 aliphatic rings. The first kappa shape index (κ1) is 15.0. The quantitative estimate of drug-likeness (QED) is 0.695. The molecule has 5 nitrogen and oxygen atoms in total. The molecule has 0 unspecified atom stereocenters. The van der Waals surface area contributed by atoms with Crippen molar-refractivity contribution >= 4 is 17.7 Å². The average Bonchev–Trinajstić information content (AvgIpc) is 2.58. The second kappa shape index (κ2) is 6.04. The van der Waals surface area contributed by atoms with E-state index in [4.69, 9.17) is 4.74 Å². The van der Waals surface area contributed by atoms with Crippen molar-refractivity contribution in [2.24, 2.45) is 0 Å². The third-order valence-corrected chi connectivity index (χ3v) is 3.61. The van der Waals surface area contributed by atoms with Crippen molar-refractivity contribution in [2.45, 2.75) is 13.5 Å². The summed E-state index contributed by atoms with van der Waals surface area (Å²) in [5, 5.41) is 0. The Labute approximate surface area is 132 Å². The van der Waals surface area contributed by atoms with Crippen LogP contribution in [0.15, 0.2) is 42.5 Å². The van der Waals surface area contributed by atoms with E-state index in [1.54, 1.807) is 49.4 Å². The van der Waals surface area contributed by atoms with Gasteiger partial charge in [-0.15, -0.1) is 0 Å². The van der Waals surface area contributed by atoms with Crippen molar-refractivity contribution in [1.82, 2.24) is 0 Å². The highest BCUT2D eigenvalue weighted by Crippen LogP contribution is 2.28. The van der Waals surface area contributed by atoms with Gasteiger partial charge in [0.1, 0.15) is 6.61 Å². The lowest BCUT2D eigenvalue weighted by molar-refractivity contribution is 0.0535. The van der Waals surface area contributed by atoms with Gasteiger partial charge >= 0.3 is 6.16 Å². The van der Waals surface area contributed by atoms with E-state index in [1.165, 1.54) is 0 Å². The maximum Gasteiger partial charge on any atom is 0.508 e. The van der Waals surface area contributed by atoms with E-state index >= 15 is 0 Å². The number of carbonyl (C=O) groups is 3. The molecular weight excluding hydrogens is 296 g/mol. The fourth-order valence-electron chi connectivity index (χ4n) is 2.54. The first-order valence-corrected chi connectivity index (χ1v) is 7.22. The Balaban J connectivity index is 1.90. The maximum atomic E-state index is 12.6. The molecule has 3 rings (SSSR count). The predicted molar refractivity (Wildman–Crippen MR) is 81.6 cm³/mol. The fraction of sp³-hybridized carbons (Fsp3) is 0.167. The molecule has 0 aliphatic heterocycles. The Hall–Kier alpha value is -2.95. The molecule has 0 N–H and O–H groups in total. The van der Waals surface area contributed by atoms with Gasteiger partial charge in [-0.2, -0.15) is 0 Å². The monoisotopic (exact) mass is 310 g/mol. The zero-order valence-corrected chi connectivity index (χ0v) is 12.5. The highest BCUT2D eigenvalue weighted by atomic mass is 16.7. The van der Waals surface area contributed by atoms with Crippen LogP contribution in [-0.4, -0.2) is 24.3 Å². The van der Waals surface area contributed by atoms with Crippen molar-refractivity contribution in [3.05, 3.63) is 70.3 Å². The molecule has 0 amide bonds. The van der Waals surface area contributed by atoms with Crippen LogP contribution < -0.4 is 0 Å². The highest BCUT2D eigenvalue weighted by Gasteiger charge is 2.29. The van der Waals surface area contributed by atoms with Gasteiger partial charge in [0, 0.05) is 22.3 Å². The van der Waals surface area contributed by atoms with E-state index in [-0.39, 0.29) is 24.8 Å². The van der Waals surface area contributed by atoms with Crippen molar-refractivity contribution in [3.8, 4) is 0 Å². The molecule has 0 saturated heterocycles. The largest absolute Gasteiger partial charge is 0.508 e. The maximum absolute atomic E-state index is 12.6. The third kappa shape index (κ3) is 2.73. The third-order valence-electron chi connectivity index (χ3n) is 3.61. The molecule has 116 valence electrons. The number of ether oxygens (including phenoxy) is 2. The molecular formula is C18H14O5. The normalized spacial score (nSPS) is 12.4. The van der Waals surface area contributed by atoms with E-state index < -0.39 is 6.16 Å². The van der Waals surface area contributed by atoms with Crippen LogP contribution in [0.25, 0.3) is 0 Å². The topological polar surface area (TPSA) is 69.7 Å². The van der Waals surface area contributed by atoms with E-state index in [2.05, 4.69) is 4.74 Å². The Morgan fingerprint density at radius 1 is 0.870 bits per heavy atom. The summed E-state index contributed by atoms with van der Waals surface area (Å²) >= 11 is 0. The van der Waals surface area contributed by atoms with E-state index in [0.29, 0.717) is 27.8 Å². The molecule has 0 radical (unpaired) electrons. The minimum atomic E-state index is -0.766. The molecule has 0 atom stereocenters. The first-order valence-electron chi connectivity index (χ1n) is 7.22. The summed E-state index contributed by atoms with van der Waals surface area (Å²) in [6, 6.07) is 11.6. The molecule has 0 heterocycles. The van der Waals surface area contributed by atoms with Gasteiger partial charge < -0.3 is 9.47 Å². The van der Waals surface area contributed by atoms with Crippen LogP contribution in [0, 0.1) is 0 Å². The van der Waals surface area contributed by atoms with Crippen LogP contribution in [0.3, 0.4) is 0 Å². The predicted octanol–water partition coefficient (Wildman–Crippen LogP) is 3.14. The number of hydrogen-bond acceptors (Lipinski definition) is 5. The zero-order valence-electron chi connectivity index (χ0n) is 12.5. The molecule has 5 heteroatoms. The molecule has 1 aliphatic carbocycles. The summed E-state index contributed by atoms with van der Waals surface area (Å²) in [5.74, 6) is -0.374. The lowest BCUT2D eigenvalue weighted by atomic mass is 9.83. The molecule has 2 aromatic rings. The fourth-order valence-corrected chi connectivity index (χ4v) is 2.54. The summed E-state index contributed by atoms with van der Waals surface area (Å²) in [6.45, 7) is 1.89. The number of ketones is 2. The van der Waals surface area contributed by atoms with E-state index in [9.17, 15) is 14.4 Å². The second-order valence-corrected chi connectivity index (χ2v) is 5.06. The highest BCUT2D eigenvalue weighted by molar-refractivity contribution is 6.28. The Morgan fingerprint density at radius 3 is 2.13 bits per heavy atom. The Kier molecular flexibility index (Phi) is 3.93. The van der Waals surface area contributed by atoms with Crippen LogP contribution in [0.1, 0.15) is 44.3 Å². The number of carbonyl (C=O) groups excluding carboxylic acids is 3. The zero-order chi connectivity index (χ0) is 16.4. The van der Waals surface area contributed by atoms with Gasteiger partial charge in [0.2, 0.25) is 0 Å². The summed E-state index contributed by atoms with van der Waals surface area (Å²) in [5.41, 5.74) is 2.14. The van der Waals surface area contributed by atoms with Crippen molar-refractivity contribution in [2.75, 3.05) is 6.61 Å². The Morgan fingerprint density at radius 2 is 1.48 bits per heavy atom. The smallest absolute Gasteiger partial charge is 0.435 e. The van der Waals surface area contributed by atoms with Gasteiger partial charge in [-0.05, 0) is 24.6 Å². The van der Waals surface area contributed by atoms with Crippen LogP contribution in [0.5, 0.6) is 0 Å². The SMILES string of the molecule is CCOC(=O)OCc1ccc2c(c1)C(=O)c1ccccc1C2=O. The molecule has 0 fully saturated rings. The standard InChI is InChI=1S/C18H14O5/c1-2-22-18(21)23-10-11-7-8-14-15(9-11)17(20)13-6-4-3-5-12(13)16(14)19/h3-9H,2,10H2,1H3. The van der Waals surface area contributed by atoms with Gasteiger partial charge in [0.15, 0.2) is 11.6 Å². The van der Waals surface area contributed by atoms with E-state index in [1.807, 2.05) is 0 Å². The van der Waals surface area contributed by atoms with Gasteiger partial charge in [0.25, 0.3) is 0 Å². The molecule has 0 saturated carbocycles. The molecule has 2 aromatic carbocycles. The Bertz CT molecular complexity index is 807.